The number of carbonyl (C=O) groups excluding carboxylic acids is 1. The van der Waals surface area contributed by atoms with E-state index < -0.39 is 0 Å². The van der Waals surface area contributed by atoms with Crippen LogP contribution in [0, 0.1) is 0 Å². The monoisotopic (exact) mass is 321 g/mol. The van der Waals surface area contributed by atoms with Gasteiger partial charge < -0.3 is 14.6 Å². The van der Waals surface area contributed by atoms with Gasteiger partial charge in [0.05, 0.1) is 32.5 Å². The zero-order valence-corrected chi connectivity index (χ0v) is 12.9. The van der Waals surface area contributed by atoms with E-state index in [0.717, 1.165) is 5.56 Å². The Kier molecular flexibility index (Phi) is 5.31. The molecule has 116 valence electrons. The van der Waals surface area contributed by atoms with Gasteiger partial charge in [0.2, 0.25) is 5.13 Å². The highest BCUT2D eigenvalue weighted by molar-refractivity contribution is 7.13. The van der Waals surface area contributed by atoms with Gasteiger partial charge >= 0.3 is 5.97 Å². The molecule has 2 N–H and O–H groups in total. The highest BCUT2D eigenvalue weighted by atomic mass is 32.1. The van der Waals surface area contributed by atoms with Crippen molar-refractivity contribution in [2.45, 2.75) is 6.42 Å². The molecule has 0 unspecified atom stereocenters. The van der Waals surface area contributed by atoms with Crippen molar-refractivity contribution < 1.29 is 19.4 Å². The van der Waals surface area contributed by atoms with Crippen LogP contribution in [0.5, 0.6) is 11.5 Å². The van der Waals surface area contributed by atoms with Gasteiger partial charge in [-0.2, -0.15) is 5.10 Å². The van der Waals surface area contributed by atoms with Crippen molar-refractivity contribution in [3.8, 4) is 11.5 Å². The molecule has 7 nitrogen and oxygen atoms in total. The Balaban J connectivity index is 1.96. The van der Waals surface area contributed by atoms with Crippen molar-refractivity contribution in [3.05, 3.63) is 34.8 Å². The van der Waals surface area contributed by atoms with E-state index in [1.807, 2.05) is 0 Å². The zero-order chi connectivity index (χ0) is 15.9. The van der Waals surface area contributed by atoms with E-state index in [9.17, 15) is 9.90 Å². The lowest BCUT2D eigenvalue weighted by molar-refractivity contribution is -0.139. The molecule has 1 aromatic carbocycles. The van der Waals surface area contributed by atoms with E-state index in [2.05, 4.69) is 20.2 Å². The van der Waals surface area contributed by atoms with Crippen LogP contribution in [-0.2, 0) is 16.0 Å². The lowest BCUT2D eigenvalue weighted by Gasteiger charge is -2.03. The fourth-order valence-electron chi connectivity index (χ4n) is 1.60. The molecule has 0 aliphatic heterocycles. The zero-order valence-electron chi connectivity index (χ0n) is 12.1. The molecule has 0 aliphatic rings. The van der Waals surface area contributed by atoms with E-state index in [0.29, 0.717) is 16.6 Å². The van der Waals surface area contributed by atoms with Crippen molar-refractivity contribution >= 4 is 28.7 Å². The highest BCUT2D eigenvalue weighted by Gasteiger charge is 2.07. The summed E-state index contributed by atoms with van der Waals surface area (Å²) in [5, 5.41) is 15.9. The number of nitrogens with zero attached hydrogens (tertiary/aromatic N) is 2. The molecule has 0 atom stereocenters. The largest absolute Gasteiger partial charge is 0.504 e. The summed E-state index contributed by atoms with van der Waals surface area (Å²) >= 11 is 1.34. The summed E-state index contributed by atoms with van der Waals surface area (Å²) in [6, 6.07) is 4.89. The summed E-state index contributed by atoms with van der Waals surface area (Å²) in [5.41, 5.74) is 4.16. The molecule has 22 heavy (non-hydrogen) atoms. The number of carbonyl (C=O) groups is 1. The molecular formula is C14H15N3O4S. The van der Waals surface area contributed by atoms with Crippen LogP contribution in [0.4, 0.5) is 5.13 Å². The van der Waals surface area contributed by atoms with Gasteiger partial charge in [-0.05, 0) is 23.8 Å². The number of benzene rings is 1. The average Bonchev–Trinajstić information content (AvgIpc) is 2.96. The predicted octanol–water partition coefficient (Wildman–Crippen LogP) is 2.02. The van der Waals surface area contributed by atoms with Crippen molar-refractivity contribution in [3.63, 3.8) is 0 Å². The van der Waals surface area contributed by atoms with E-state index in [-0.39, 0.29) is 18.1 Å². The molecule has 0 fully saturated rings. The van der Waals surface area contributed by atoms with Gasteiger partial charge in [-0.1, -0.05) is 0 Å². The van der Waals surface area contributed by atoms with Gasteiger partial charge in [-0.3, -0.25) is 10.2 Å². The van der Waals surface area contributed by atoms with Crippen molar-refractivity contribution in [1.82, 2.24) is 4.98 Å². The Morgan fingerprint density at radius 2 is 2.32 bits per heavy atom. The molecule has 2 aromatic rings. The maximum Gasteiger partial charge on any atom is 0.311 e. The normalized spacial score (nSPS) is 10.6. The highest BCUT2D eigenvalue weighted by Crippen LogP contribution is 2.25. The van der Waals surface area contributed by atoms with Crippen LogP contribution in [0.15, 0.2) is 28.7 Å². The van der Waals surface area contributed by atoms with Gasteiger partial charge in [0, 0.05) is 5.38 Å². The Morgan fingerprint density at radius 3 is 3.05 bits per heavy atom. The fourth-order valence-corrected chi connectivity index (χ4v) is 2.26. The van der Waals surface area contributed by atoms with E-state index in [1.54, 1.807) is 23.7 Å². The average molecular weight is 321 g/mol. The summed E-state index contributed by atoms with van der Waals surface area (Å²) in [7, 11) is 2.82. The molecule has 0 saturated carbocycles. The molecular weight excluding hydrogens is 306 g/mol. The smallest absolute Gasteiger partial charge is 0.311 e. The van der Waals surface area contributed by atoms with E-state index >= 15 is 0 Å². The summed E-state index contributed by atoms with van der Waals surface area (Å²) in [6.45, 7) is 0. The second-order valence-electron chi connectivity index (χ2n) is 4.20. The number of hydrogen-bond acceptors (Lipinski definition) is 8. The number of thiazole rings is 1. The van der Waals surface area contributed by atoms with Crippen LogP contribution in [0.1, 0.15) is 11.3 Å². The number of anilines is 1. The topological polar surface area (TPSA) is 93.0 Å². The first kappa shape index (κ1) is 15.8. The SMILES string of the molecule is COC(=O)Cc1csc(N/N=C\c2ccc(O)c(OC)c2)n1. The number of methoxy groups -OCH3 is 2. The third-order valence-corrected chi connectivity index (χ3v) is 3.48. The molecule has 2 rings (SSSR count). The fraction of sp³-hybridized carbons (Fsp3) is 0.214. The van der Waals surface area contributed by atoms with Gasteiger partial charge in [0.25, 0.3) is 0 Å². The third kappa shape index (κ3) is 4.19. The summed E-state index contributed by atoms with van der Waals surface area (Å²) < 4.78 is 9.59. The molecule has 0 radical (unpaired) electrons. The van der Waals surface area contributed by atoms with Crippen LogP contribution >= 0.6 is 11.3 Å². The van der Waals surface area contributed by atoms with Gasteiger partial charge in [-0.25, -0.2) is 4.98 Å². The van der Waals surface area contributed by atoms with Gasteiger partial charge in [-0.15, -0.1) is 11.3 Å². The van der Waals surface area contributed by atoms with Crippen molar-refractivity contribution in [2.24, 2.45) is 5.10 Å². The minimum atomic E-state index is -0.337. The second-order valence-corrected chi connectivity index (χ2v) is 5.06. The number of aromatic nitrogens is 1. The lowest BCUT2D eigenvalue weighted by atomic mass is 10.2. The van der Waals surface area contributed by atoms with Crippen LogP contribution in [0.2, 0.25) is 0 Å². The van der Waals surface area contributed by atoms with Crippen LogP contribution in [0.25, 0.3) is 0 Å². The predicted molar refractivity (Wildman–Crippen MR) is 83.7 cm³/mol. The quantitative estimate of drug-likeness (QED) is 0.480. The Labute approximate surface area is 131 Å². The molecule has 0 bridgehead atoms. The first-order valence-corrected chi connectivity index (χ1v) is 7.17. The summed E-state index contributed by atoms with van der Waals surface area (Å²) in [4.78, 5) is 15.3. The molecule has 1 aromatic heterocycles. The molecule has 1 heterocycles. The van der Waals surface area contributed by atoms with Gasteiger partial charge in [0.15, 0.2) is 11.5 Å². The number of nitrogens with one attached hydrogen (secondary N) is 1. The molecule has 0 spiro atoms. The molecule has 0 aliphatic carbocycles. The van der Waals surface area contributed by atoms with Crippen LogP contribution in [0.3, 0.4) is 0 Å². The molecule has 0 saturated heterocycles. The Bertz CT molecular complexity index is 684. The summed E-state index contributed by atoms with van der Waals surface area (Å²) in [6.07, 6.45) is 1.71. The number of phenolic OH excluding ortho intramolecular Hbond substituents is 1. The number of hydrazone groups is 1. The maximum atomic E-state index is 11.1. The number of rotatable bonds is 6. The Hall–Kier alpha value is -2.61. The van der Waals surface area contributed by atoms with E-state index in [4.69, 9.17) is 4.74 Å². The maximum absolute atomic E-state index is 11.1. The number of hydrogen-bond donors (Lipinski definition) is 2. The Morgan fingerprint density at radius 1 is 1.50 bits per heavy atom. The van der Waals surface area contributed by atoms with Crippen molar-refractivity contribution in [2.75, 3.05) is 19.6 Å². The van der Waals surface area contributed by atoms with E-state index in [1.165, 1.54) is 31.6 Å². The molecule has 8 heteroatoms. The van der Waals surface area contributed by atoms with Gasteiger partial charge in [0.1, 0.15) is 0 Å². The number of aromatic hydroxyl groups is 1. The van der Waals surface area contributed by atoms with Crippen LogP contribution < -0.4 is 10.2 Å². The minimum Gasteiger partial charge on any atom is -0.504 e. The second kappa shape index (κ2) is 7.41. The lowest BCUT2D eigenvalue weighted by Crippen LogP contribution is -2.04. The number of ether oxygens (including phenoxy) is 2. The van der Waals surface area contributed by atoms with Crippen LogP contribution in [-0.4, -0.2) is 36.5 Å². The summed E-state index contributed by atoms with van der Waals surface area (Å²) in [5.74, 6) is 0.107. The third-order valence-electron chi connectivity index (χ3n) is 2.68. The number of phenols is 1. The molecule has 0 amide bonds. The first-order valence-electron chi connectivity index (χ1n) is 6.29. The number of esters is 1. The standard InChI is InChI=1S/C14H15N3O4S/c1-20-12-5-9(3-4-11(12)18)7-15-17-14-16-10(8-22-14)6-13(19)21-2/h3-5,7-8,18H,6H2,1-2H3,(H,16,17)/b15-7-. The van der Waals surface area contributed by atoms with Crippen molar-refractivity contribution in [1.29, 1.82) is 0 Å². The first-order chi connectivity index (χ1) is 10.6. The minimum absolute atomic E-state index is 0.0694.